The van der Waals surface area contributed by atoms with E-state index in [2.05, 4.69) is 208 Å². The van der Waals surface area contributed by atoms with Crippen molar-refractivity contribution in [3.05, 3.63) is 138 Å². The molecule has 0 bridgehead atoms. The van der Waals surface area contributed by atoms with Crippen LogP contribution in [-0.4, -0.2) is 11.4 Å². The lowest BCUT2D eigenvalue weighted by atomic mass is 9.43. The molecule has 0 saturated carbocycles. The van der Waals surface area contributed by atoms with Gasteiger partial charge in [0.25, 0.3) is 0 Å². The van der Waals surface area contributed by atoms with Gasteiger partial charge in [-0.15, -0.1) is 11.3 Å². The highest BCUT2D eigenvalue weighted by Gasteiger charge is 2.46. The number of nitrogens with zero attached hydrogens (tertiary/aromatic N) is 2. The van der Waals surface area contributed by atoms with Gasteiger partial charge in [0.1, 0.15) is 11.2 Å². The normalized spacial score (nSPS) is 14.3. The quantitative estimate of drug-likeness (QED) is 0.154. The van der Waals surface area contributed by atoms with Crippen LogP contribution < -0.4 is 15.7 Å². The third-order valence-electron chi connectivity index (χ3n) is 14.4. The Labute approximate surface area is 375 Å². The smallest absolute Gasteiger partial charge is 0.333 e. The van der Waals surface area contributed by atoms with Gasteiger partial charge in [0, 0.05) is 69.9 Å². The van der Waals surface area contributed by atoms with E-state index in [0.29, 0.717) is 0 Å². The second-order valence-corrected chi connectivity index (χ2v) is 23.7. The summed E-state index contributed by atoms with van der Waals surface area (Å²) in [4.78, 5) is 2.69. The van der Waals surface area contributed by atoms with Gasteiger partial charge in [-0.3, -0.25) is 0 Å². The van der Waals surface area contributed by atoms with Crippen LogP contribution in [0.4, 0.5) is 11.4 Å². The Morgan fingerprint density at radius 2 is 1.13 bits per heavy atom. The zero-order chi connectivity index (χ0) is 43.9. The minimum absolute atomic E-state index is 0.0199. The lowest BCUT2D eigenvalue weighted by Crippen LogP contribution is -2.60. The average Bonchev–Trinajstić information content (AvgIpc) is 3.90. The summed E-state index contributed by atoms with van der Waals surface area (Å²) < 4.78 is 12.6. The van der Waals surface area contributed by atoms with Crippen LogP contribution in [0.25, 0.3) is 80.7 Å². The predicted octanol–water partition coefficient (Wildman–Crippen LogP) is 15.5. The Morgan fingerprint density at radius 1 is 0.508 bits per heavy atom. The number of aromatic nitrogens is 1. The lowest BCUT2D eigenvalue weighted by molar-refractivity contribution is 0.590. The first kappa shape index (κ1) is 38.9. The van der Waals surface area contributed by atoms with Gasteiger partial charge in [-0.25, -0.2) is 0 Å². The van der Waals surface area contributed by atoms with E-state index >= 15 is 0 Å². The summed E-state index contributed by atoms with van der Waals surface area (Å²) in [6, 6.07) is 44.9. The molecule has 5 heterocycles. The van der Waals surface area contributed by atoms with Gasteiger partial charge in [0.05, 0.1) is 11.0 Å². The topological polar surface area (TPSA) is 21.3 Å². The van der Waals surface area contributed by atoms with Crippen LogP contribution in [-0.2, 0) is 21.7 Å². The molecule has 2 aliphatic rings. The van der Waals surface area contributed by atoms with Crippen LogP contribution in [0.15, 0.2) is 120 Å². The number of benzene rings is 7. The van der Waals surface area contributed by atoms with Crippen molar-refractivity contribution in [1.29, 1.82) is 0 Å². The van der Waals surface area contributed by atoms with E-state index in [1.807, 2.05) is 11.3 Å². The highest BCUT2D eigenvalue weighted by atomic mass is 32.1. The van der Waals surface area contributed by atoms with Gasteiger partial charge in [-0.05, 0) is 109 Å². The van der Waals surface area contributed by atoms with E-state index in [1.165, 1.54) is 114 Å². The molecular formula is C58H55BN2OS. The molecular weight excluding hydrogens is 784 g/mol. The van der Waals surface area contributed by atoms with E-state index in [1.54, 1.807) is 0 Å². The molecule has 3 aromatic heterocycles. The fourth-order valence-corrected chi connectivity index (χ4v) is 12.0. The summed E-state index contributed by atoms with van der Waals surface area (Å²) in [6.45, 7) is 27.7. The van der Waals surface area contributed by atoms with Crippen molar-refractivity contribution in [2.45, 2.75) is 105 Å². The first-order chi connectivity index (χ1) is 29.8. The van der Waals surface area contributed by atoms with Crippen LogP contribution in [0.5, 0.6) is 0 Å². The zero-order valence-electron chi connectivity index (χ0n) is 38.8. The summed E-state index contributed by atoms with van der Waals surface area (Å²) >= 11 is 1.92. The first-order valence-corrected chi connectivity index (χ1v) is 23.6. The fraction of sp³-hybridized carbons (Fsp3) is 0.276. The standard InChI is InChI=1S/C58H55BN2OS/c1-55(2,3)32-17-22-36(23-18-32)61-45-31-48-39(37-24-19-35(58(10,11)12)29-47(37)63-48)30-41(45)51-52-53-49(50-38-15-13-14-16-46(38)62-54(50)51)40-27-33(56(4,5)6)20-25-43(40)60(53)44-26-21-34(57(7,8)9)28-42(44)59(52)61/h13-31H,1-12H3. The number of hydrogen-bond acceptors (Lipinski definition) is 3. The molecule has 63 heavy (non-hydrogen) atoms. The van der Waals surface area contributed by atoms with Gasteiger partial charge in [-0.2, -0.15) is 0 Å². The number of para-hydroxylation sites is 1. The summed E-state index contributed by atoms with van der Waals surface area (Å²) in [5.74, 6) is 0. The van der Waals surface area contributed by atoms with Crippen molar-refractivity contribution < 1.29 is 4.42 Å². The van der Waals surface area contributed by atoms with E-state index in [0.717, 1.165) is 11.2 Å². The minimum atomic E-state index is -0.122. The maximum Gasteiger partial charge on any atom is 0.333 e. The van der Waals surface area contributed by atoms with E-state index in [9.17, 15) is 0 Å². The molecule has 0 spiro atoms. The van der Waals surface area contributed by atoms with E-state index in [4.69, 9.17) is 4.42 Å². The molecule has 0 unspecified atom stereocenters. The van der Waals surface area contributed by atoms with Crippen molar-refractivity contribution in [2.24, 2.45) is 0 Å². The molecule has 12 rings (SSSR count). The van der Waals surface area contributed by atoms with E-state index < -0.39 is 0 Å². The van der Waals surface area contributed by atoms with Gasteiger partial charge < -0.3 is 13.8 Å². The SMILES string of the molecule is CC(C)(C)c1ccc(N2B3c4cc(C(C)(C)C)ccc4-n4c5ccc(C(C)(C)C)cc5c5c6c(oc7ccccc76)c(c3c54)-c3cc4c(cc32)sc2cc(C(C)(C)C)ccc24)cc1. The van der Waals surface area contributed by atoms with Crippen molar-refractivity contribution in [3.8, 4) is 16.8 Å². The summed E-state index contributed by atoms with van der Waals surface area (Å²) in [5, 5.41) is 7.56. The number of furan rings is 1. The number of thiophene rings is 1. The molecule has 5 heteroatoms. The molecule has 0 aliphatic carbocycles. The molecule has 0 atom stereocenters. The Kier molecular flexibility index (Phi) is 7.70. The first-order valence-electron chi connectivity index (χ1n) is 22.8. The van der Waals surface area contributed by atoms with Crippen LogP contribution in [0, 0.1) is 0 Å². The highest BCUT2D eigenvalue weighted by molar-refractivity contribution is 7.25. The highest BCUT2D eigenvalue weighted by Crippen LogP contribution is 2.53. The predicted molar refractivity (Wildman–Crippen MR) is 275 cm³/mol. The lowest BCUT2D eigenvalue weighted by Gasteiger charge is -2.42. The molecule has 2 aliphatic heterocycles. The Hall–Kier alpha value is -5.78. The maximum absolute atomic E-state index is 7.31. The van der Waals surface area contributed by atoms with Crippen molar-refractivity contribution in [1.82, 2.24) is 4.57 Å². The zero-order valence-corrected chi connectivity index (χ0v) is 39.6. The third kappa shape index (κ3) is 5.45. The molecule has 3 nitrogen and oxygen atoms in total. The van der Waals surface area contributed by atoms with Crippen molar-refractivity contribution in [3.63, 3.8) is 0 Å². The fourth-order valence-electron chi connectivity index (χ4n) is 10.9. The maximum atomic E-state index is 7.31. The monoisotopic (exact) mass is 838 g/mol. The number of anilines is 2. The van der Waals surface area contributed by atoms with Gasteiger partial charge in [0.2, 0.25) is 0 Å². The van der Waals surface area contributed by atoms with Crippen LogP contribution >= 0.6 is 11.3 Å². The second kappa shape index (κ2) is 12.5. The number of hydrogen-bond donors (Lipinski definition) is 0. The molecule has 0 radical (unpaired) electrons. The molecule has 0 fully saturated rings. The van der Waals surface area contributed by atoms with Crippen molar-refractivity contribution in [2.75, 3.05) is 4.81 Å². The summed E-state index contributed by atoms with van der Waals surface area (Å²) in [7, 11) is 0. The number of rotatable bonds is 1. The summed E-state index contributed by atoms with van der Waals surface area (Å²) in [6.07, 6.45) is 0. The molecule has 7 aromatic carbocycles. The number of fused-ring (bicyclic) bond motifs is 16. The molecule has 0 saturated heterocycles. The molecule has 0 amide bonds. The Morgan fingerprint density at radius 3 is 1.84 bits per heavy atom. The molecule has 10 aromatic rings. The van der Waals surface area contributed by atoms with Crippen molar-refractivity contribution >= 4 is 104 Å². The molecule has 0 N–H and O–H groups in total. The third-order valence-corrected chi connectivity index (χ3v) is 15.5. The van der Waals surface area contributed by atoms with E-state index in [-0.39, 0.29) is 28.5 Å². The second-order valence-electron chi connectivity index (χ2n) is 22.7. The van der Waals surface area contributed by atoms with Gasteiger partial charge in [0.15, 0.2) is 0 Å². The Balaban J connectivity index is 1.32. The summed E-state index contributed by atoms with van der Waals surface area (Å²) in [5.41, 5.74) is 18.6. The van der Waals surface area contributed by atoms with Crippen LogP contribution in [0.3, 0.4) is 0 Å². The van der Waals surface area contributed by atoms with Gasteiger partial charge >= 0.3 is 6.85 Å². The van der Waals surface area contributed by atoms with Crippen LogP contribution in [0.1, 0.15) is 105 Å². The van der Waals surface area contributed by atoms with Crippen LogP contribution in [0.2, 0.25) is 0 Å². The average molecular weight is 839 g/mol. The van der Waals surface area contributed by atoms with Gasteiger partial charge in [-0.1, -0.05) is 144 Å². The molecule has 312 valence electrons. The Bertz CT molecular complexity index is 3610. The largest absolute Gasteiger partial charge is 0.455 e. The minimum Gasteiger partial charge on any atom is -0.455 e.